The summed E-state index contributed by atoms with van der Waals surface area (Å²) >= 11 is 0. The summed E-state index contributed by atoms with van der Waals surface area (Å²) in [7, 11) is -1.36. The van der Waals surface area contributed by atoms with E-state index in [0.29, 0.717) is 6.61 Å². The summed E-state index contributed by atoms with van der Waals surface area (Å²) in [6.45, 7) is 9.05. The van der Waals surface area contributed by atoms with Gasteiger partial charge in [0.25, 0.3) is 0 Å². The van der Waals surface area contributed by atoms with Crippen LogP contribution in [0.5, 0.6) is 5.75 Å². The van der Waals surface area contributed by atoms with Gasteiger partial charge in [0, 0.05) is 0 Å². The van der Waals surface area contributed by atoms with Crippen LogP contribution in [-0.4, -0.2) is 12.2 Å². The minimum atomic E-state index is -1.36. The quantitative estimate of drug-likeness (QED) is 0.227. The molecule has 26 heavy (non-hydrogen) atoms. The maximum atomic E-state index is 5.95. The molecule has 1 aromatic carbocycles. The van der Waals surface area contributed by atoms with Crippen molar-refractivity contribution in [2.75, 3.05) is 6.61 Å². The van der Waals surface area contributed by atoms with Crippen molar-refractivity contribution in [2.24, 2.45) is 0 Å². The van der Waals surface area contributed by atoms with Crippen molar-refractivity contribution in [1.29, 1.82) is 0 Å². The first-order valence-corrected chi connectivity index (χ1v) is 11.5. The third kappa shape index (κ3) is 13.6. The molecule has 1 rings (SSSR count). The molecule has 0 N–H and O–H groups in total. The predicted molar refractivity (Wildman–Crippen MR) is 113 cm³/mol. The largest absolute Gasteiger partial charge is 0.427 e. The normalized spacial score (nSPS) is 12.9. The molecule has 0 aliphatic rings. The lowest BCUT2D eigenvalue weighted by Crippen LogP contribution is -2.18. The topological polar surface area (TPSA) is 27.7 Å². The molecule has 1 unspecified atom stereocenters. The highest BCUT2D eigenvalue weighted by molar-refractivity contribution is 7.42. The van der Waals surface area contributed by atoms with Crippen molar-refractivity contribution in [3.8, 4) is 5.75 Å². The van der Waals surface area contributed by atoms with Crippen LogP contribution >= 0.6 is 8.60 Å². The number of para-hydroxylation sites is 1. The Kier molecular flexibility index (Phi) is 13.0. The lowest BCUT2D eigenvalue weighted by Gasteiger charge is -2.25. The van der Waals surface area contributed by atoms with Crippen molar-refractivity contribution in [3.05, 3.63) is 30.3 Å². The highest BCUT2D eigenvalue weighted by atomic mass is 31.2. The molecule has 1 atom stereocenters. The van der Waals surface area contributed by atoms with E-state index >= 15 is 0 Å². The molecule has 0 radical (unpaired) electrons. The molecule has 0 saturated heterocycles. The van der Waals surface area contributed by atoms with Gasteiger partial charge in [-0.3, -0.25) is 4.52 Å². The van der Waals surface area contributed by atoms with Crippen molar-refractivity contribution < 1.29 is 13.6 Å². The van der Waals surface area contributed by atoms with E-state index in [-0.39, 0.29) is 5.60 Å². The summed E-state index contributed by atoms with van der Waals surface area (Å²) in [6, 6.07) is 9.77. The molecule has 0 spiro atoms. The van der Waals surface area contributed by atoms with E-state index in [2.05, 4.69) is 6.92 Å². The van der Waals surface area contributed by atoms with Gasteiger partial charge in [-0.05, 0) is 39.3 Å². The van der Waals surface area contributed by atoms with Crippen LogP contribution in [0.4, 0.5) is 0 Å². The van der Waals surface area contributed by atoms with Gasteiger partial charge in [-0.2, -0.15) is 0 Å². The second kappa shape index (κ2) is 14.4. The average molecular weight is 383 g/mol. The Labute approximate surface area is 162 Å². The zero-order chi connectivity index (χ0) is 19.1. The second-order valence-corrected chi connectivity index (χ2v) is 8.92. The lowest BCUT2D eigenvalue weighted by atomic mass is 10.1. The second-order valence-electron chi connectivity index (χ2n) is 7.85. The SMILES string of the molecule is CCCCCCCCCCCCOP(Oc1ccccc1)OC(C)(C)C. The third-order valence-corrected chi connectivity index (χ3v) is 5.42. The Morgan fingerprint density at radius 1 is 0.769 bits per heavy atom. The Morgan fingerprint density at radius 3 is 1.85 bits per heavy atom. The zero-order valence-corrected chi connectivity index (χ0v) is 18.2. The zero-order valence-electron chi connectivity index (χ0n) is 17.3. The fourth-order valence-electron chi connectivity index (χ4n) is 2.59. The van der Waals surface area contributed by atoms with E-state index in [4.69, 9.17) is 13.6 Å². The first-order chi connectivity index (χ1) is 12.5. The van der Waals surface area contributed by atoms with Crippen LogP contribution in [-0.2, 0) is 9.05 Å². The van der Waals surface area contributed by atoms with E-state index in [0.717, 1.165) is 12.2 Å². The molecule has 0 aliphatic heterocycles. The predicted octanol–water partition coefficient (Wildman–Crippen LogP) is 8.04. The Bertz CT molecular complexity index is 431. The Hall–Kier alpha value is -0.630. The van der Waals surface area contributed by atoms with Crippen LogP contribution in [0, 0.1) is 0 Å². The van der Waals surface area contributed by atoms with Gasteiger partial charge < -0.3 is 9.05 Å². The fraction of sp³-hybridized carbons (Fsp3) is 0.727. The van der Waals surface area contributed by atoms with Crippen LogP contribution in [0.2, 0.25) is 0 Å². The summed E-state index contributed by atoms with van der Waals surface area (Å²) < 4.78 is 17.8. The van der Waals surface area contributed by atoms with Gasteiger partial charge in [-0.1, -0.05) is 82.9 Å². The van der Waals surface area contributed by atoms with Crippen LogP contribution in [0.1, 0.15) is 91.9 Å². The molecule has 0 aliphatic carbocycles. The van der Waals surface area contributed by atoms with Gasteiger partial charge in [0.15, 0.2) is 0 Å². The highest BCUT2D eigenvalue weighted by Gasteiger charge is 2.23. The third-order valence-electron chi connectivity index (χ3n) is 3.97. The first-order valence-electron chi connectivity index (χ1n) is 10.4. The molecule has 4 heteroatoms. The molecule has 0 amide bonds. The summed E-state index contributed by atoms with van der Waals surface area (Å²) in [6.07, 6.45) is 13.2. The van der Waals surface area contributed by atoms with Gasteiger partial charge in [-0.25, -0.2) is 0 Å². The number of benzene rings is 1. The summed E-state index contributed by atoms with van der Waals surface area (Å²) in [5.41, 5.74) is -0.280. The number of hydrogen-bond donors (Lipinski definition) is 0. The summed E-state index contributed by atoms with van der Waals surface area (Å²) in [5.74, 6) is 0.797. The van der Waals surface area contributed by atoms with E-state index in [9.17, 15) is 0 Å². The lowest BCUT2D eigenvalue weighted by molar-refractivity contribution is 0.0946. The molecule has 0 aromatic heterocycles. The molecule has 1 aromatic rings. The van der Waals surface area contributed by atoms with Crippen molar-refractivity contribution in [3.63, 3.8) is 0 Å². The maximum Gasteiger partial charge on any atom is 0.397 e. The van der Waals surface area contributed by atoms with Gasteiger partial charge >= 0.3 is 8.60 Å². The number of unbranched alkanes of at least 4 members (excludes halogenated alkanes) is 9. The minimum absolute atomic E-state index is 0.280. The van der Waals surface area contributed by atoms with E-state index in [1.165, 1.54) is 57.8 Å². The minimum Gasteiger partial charge on any atom is -0.427 e. The summed E-state index contributed by atoms with van der Waals surface area (Å²) in [4.78, 5) is 0. The Morgan fingerprint density at radius 2 is 1.31 bits per heavy atom. The van der Waals surface area contributed by atoms with Crippen LogP contribution in [0.3, 0.4) is 0 Å². The van der Waals surface area contributed by atoms with E-state index in [1.54, 1.807) is 0 Å². The van der Waals surface area contributed by atoms with Gasteiger partial charge in [0.1, 0.15) is 5.75 Å². The number of rotatable bonds is 15. The molecule has 0 fully saturated rings. The van der Waals surface area contributed by atoms with E-state index < -0.39 is 8.60 Å². The van der Waals surface area contributed by atoms with Crippen LogP contribution in [0.25, 0.3) is 0 Å². The van der Waals surface area contributed by atoms with Crippen LogP contribution < -0.4 is 4.52 Å². The monoisotopic (exact) mass is 382 g/mol. The first kappa shape index (κ1) is 23.4. The molecule has 0 heterocycles. The van der Waals surface area contributed by atoms with Gasteiger partial charge in [-0.15, -0.1) is 0 Å². The Balaban J connectivity index is 2.13. The van der Waals surface area contributed by atoms with Gasteiger partial charge in [0.05, 0.1) is 12.2 Å². The average Bonchev–Trinajstić information content (AvgIpc) is 2.59. The molecular weight excluding hydrogens is 343 g/mol. The van der Waals surface area contributed by atoms with Crippen molar-refractivity contribution in [1.82, 2.24) is 0 Å². The highest BCUT2D eigenvalue weighted by Crippen LogP contribution is 2.44. The summed E-state index contributed by atoms with van der Waals surface area (Å²) in [5, 5.41) is 0. The van der Waals surface area contributed by atoms with Gasteiger partial charge in [0.2, 0.25) is 0 Å². The van der Waals surface area contributed by atoms with Crippen molar-refractivity contribution in [2.45, 2.75) is 97.5 Å². The molecule has 150 valence electrons. The molecule has 3 nitrogen and oxygen atoms in total. The van der Waals surface area contributed by atoms with Crippen LogP contribution in [0.15, 0.2) is 30.3 Å². The molecular formula is C22H39O3P. The molecule has 0 saturated carbocycles. The number of hydrogen-bond acceptors (Lipinski definition) is 3. The molecule has 0 bridgehead atoms. The van der Waals surface area contributed by atoms with E-state index in [1.807, 2.05) is 51.1 Å². The fourth-order valence-corrected chi connectivity index (χ4v) is 3.75. The van der Waals surface area contributed by atoms with Crippen molar-refractivity contribution >= 4 is 8.60 Å². The maximum absolute atomic E-state index is 5.95. The standard InChI is InChI=1S/C22H39O3P/c1-5-6-7-8-9-10-11-12-13-17-20-23-26(25-22(2,3)4)24-21-18-15-14-16-19-21/h14-16,18-19H,5-13,17,20H2,1-4H3. The smallest absolute Gasteiger partial charge is 0.397 e.